The lowest BCUT2D eigenvalue weighted by Crippen LogP contribution is -2.43. The van der Waals surface area contributed by atoms with Crippen LogP contribution >= 0.6 is 0 Å². The van der Waals surface area contributed by atoms with E-state index in [0.717, 1.165) is 22.3 Å². The summed E-state index contributed by atoms with van der Waals surface area (Å²) in [6.07, 6.45) is 0. The van der Waals surface area contributed by atoms with Gasteiger partial charge in [0.15, 0.2) is 17.5 Å². The minimum atomic E-state index is -0.150. The third-order valence-corrected chi connectivity index (χ3v) is 12.1. The Labute approximate surface area is 301 Å². The molecule has 0 amide bonds. The fourth-order valence-corrected chi connectivity index (χ4v) is 8.41. The minimum absolute atomic E-state index is 0.00108. The van der Waals surface area contributed by atoms with E-state index in [0.29, 0.717) is 17.5 Å². The van der Waals surface area contributed by atoms with Gasteiger partial charge in [0.25, 0.3) is 0 Å². The molecule has 0 radical (unpaired) electrons. The van der Waals surface area contributed by atoms with Gasteiger partial charge in [-0.3, -0.25) is 0 Å². The van der Waals surface area contributed by atoms with Gasteiger partial charge < -0.3 is 0 Å². The number of hydrogen-bond acceptors (Lipinski definition) is 3. The number of benzene rings is 6. The van der Waals surface area contributed by atoms with Crippen LogP contribution in [0, 0.1) is 0 Å². The smallest absolute Gasteiger partial charge is 0.164 e. The first-order valence-corrected chi connectivity index (χ1v) is 18.0. The molecule has 3 nitrogen and oxygen atoms in total. The molecule has 2 aliphatic carbocycles. The lowest BCUT2D eigenvalue weighted by atomic mass is 9.55. The number of rotatable bonds is 4. The molecule has 1 heterocycles. The fraction of sp³-hybridized carbons (Fsp3) is 0.188. The molecule has 248 valence electrons. The molecule has 0 unspecified atom stereocenters. The summed E-state index contributed by atoms with van der Waals surface area (Å²) >= 11 is 0. The SMILES string of the molecule is CC1(C)c2cc(-c3cccc(-c4nc(-c5ccccc5)nc(-c5ccccc5)n4)c3)ccc2-c2cc3c(cc21)-c1ccccc1C(C)(C)C3(C)C. The van der Waals surface area contributed by atoms with Crippen molar-refractivity contribution in [1.29, 1.82) is 0 Å². The van der Waals surface area contributed by atoms with Gasteiger partial charge >= 0.3 is 0 Å². The van der Waals surface area contributed by atoms with Crippen molar-refractivity contribution in [3.05, 3.63) is 162 Å². The van der Waals surface area contributed by atoms with E-state index in [1.165, 1.54) is 50.1 Å². The highest BCUT2D eigenvalue weighted by Gasteiger charge is 2.47. The maximum absolute atomic E-state index is 5.00. The third-order valence-electron chi connectivity index (χ3n) is 12.1. The van der Waals surface area contributed by atoms with Crippen LogP contribution in [0.25, 0.3) is 67.5 Å². The number of fused-ring (bicyclic) bond motifs is 6. The third kappa shape index (κ3) is 4.75. The summed E-state index contributed by atoms with van der Waals surface area (Å²) in [6, 6.07) is 50.0. The molecule has 0 fully saturated rings. The molecule has 7 aromatic rings. The Morgan fingerprint density at radius 2 is 0.765 bits per heavy atom. The van der Waals surface area contributed by atoms with E-state index >= 15 is 0 Å². The average Bonchev–Trinajstić information content (AvgIpc) is 3.39. The zero-order chi connectivity index (χ0) is 35.1. The second-order valence-corrected chi connectivity index (χ2v) is 15.7. The number of nitrogens with zero attached hydrogens (tertiary/aromatic N) is 3. The highest BCUT2D eigenvalue weighted by Crippen LogP contribution is 2.58. The van der Waals surface area contributed by atoms with Crippen molar-refractivity contribution < 1.29 is 0 Å². The molecule has 0 bridgehead atoms. The van der Waals surface area contributed by atoms with Crippen molar-refractivity contribution in [3.8, 4) is 67.5 Å². The largest absolute Gasteiger partial charge is 0.208 e. The minimum Gasteiger partial charge on any atom is -0.208 e. The zero-order valence-electron chi connectivity index (χ0n) is 30.1. The molecule has 1 aromatic heterocycles. The van der Waals surface area contributed by atoms with Crippen LogP contribution in [0.15, 0.2) is 140 Å². The monoisotopic (exact) mass is 659 g/mol. The summed E-state index contributed by atoms with van der Waals surface area (Å²) in [6.45, 7) is 14.4. The predicted octanol–water partition coefficient (Wildman–Crippen LogP) is 12.1. The second kappa shape index (κ2) is 11.2. The van der Waals surface area contributed by atoms with Gasteiger partial charge in [0.2, 0.25) is 0 Å². The quantitative estimate of drug-likeness (QED) is 0.189. The van der Waals surface area contributed by atoms with Crippen LogP contribution in [0.2, 0.25) is 0 Å². The molecule has 9 rings (SSSR count). The van der Waals surface area contributed by atoms with Gasteiger partial charge in [-0.05, 0) is 90.7 Å². The van der Waals surface area contributed by atoms with E-state index in [4.69, 9.17) is 15.0 Å². The summed E-state index contributed by atoms with van der Waals surface area (Å²) in [5, 5.41) is 0. The summed E-state index contributed by atoms with van der Waals surface area (Å²) < 4.78 is 0. The summed E-state index contributed by atoms with van der Waals surface area (Å²) in [5.41, 5.74) is 16.1. The topological polar surface area (TPSA) is 38.7 Å². The first kappa shape index (κ1) is 31.3. The van der Waals surface area contributed by atoms with Crippen LogP contribution in [0.3, 0.4) is 0 Å². The predicted molar refractivity (Wildman–Crippen MR) is 211 cm³/mol. The highest BCUT2D eigenvalue weighted by molar-refractivity contribution is 5.89. The molecule has 0 atom stereocenters. The lowest BCUT2D eigenvalue weighted by molar-refractivity contribution is 0.299. The maximum atomic E-state index is 5.00. The van der Waals surface area contributed by atoms with E-state index < -0.39 is 0 Å². The maximum Gasteiger partial charge on any atom is 0.164 e. The fourth-order valence-electron chi connectivity index (χ4n) is 8.41. The van der Waals surface area contributed by atoms with Gasteiger partial charge in [0.05, 0.1) is 0 Å². The van der Waals surface area contributed by atoms with E-state index in [9.17, 15) is 0 Å². The molecule has 2 aliphatic rings. The van der Waals surface area contributed by atoms with Crippen molar-refractivity contribution in [2.24, 2.45) is 0 Å². The Balaban J connectivity index is 1.15. The van der Waals surface area contributed by atoms with Gasteiger partial charge in [-0.1, -0.05) is 157 Å². The van der Waals surface area contributed by atoms with Gasteiger partial charge in [-0.25, -0.2) is 15.0 Å². The van der Waals surface area contributed by atoms with Gasteiger partial charge in [0, 0.05) is 22.1 Å². The molecular formula is C48H41N3. The molecule has 0 saturated carbocycles. The van der Waals surface area contributed by atoms with E-state index in [-0.39, 0.29) is 16.2 Å². The molecular weight excluding hydrogens is 619 g/mol. The highest BCUT2D eigenvalue weighted by atomic mass is 15.0. The van der Waals surface area contributed by atoms with Crippen molar-refractivity contribution in [3.63, 3.8) is 0 Å². The Morgan fingerprint density at radius 3 is 1.43 bits per heavy atom. The van der Waals surface area contributed by atoms with Crippen molar-refractivity contribution in [1.82, 2.24) is 15.0 Å². The van der Waals surface area contributed by atoms with Crippen LogP contribution in [0.1, 0.15) is 63.8 Å². The molecule has 0 N–H and O–H groups in total. The van der Waals surface area contributed by atoms with E-state index in [1.807, 2.05) is 60.7 Å². The lowest BCUT2D eigenvalue weighted by Gasteiger charge is -2.48. The van der Waals surface area contributed by atoms with Crippen LogP contribution in [0.4, 0.5) is 0 Å². The van der Waals surface area contributed by atoms with Crippen LogP contribution in [0.5, 0.6) is 0 Å². The Kier molecular flexibility index (Phi) is 6.86. The van der Waals surface area contributed by atoms with Crippen molar-refractivity contribution in [2.75, 3.05) is 0 Å². The van der Waals surface area contributed by atoms with E-state index in [1.54, 1.807) is 0 Å². The van der Waals surface area contributed by atoms with Gasteiger partial charge in [-0.2, -0.15) is 0 Å². The number of hydrogen-bond donors (Lipinski definition) is 0. The molecule has 51 heavy (non-hydrogen) atoms. The van der Waals surface area contributed by atoms with Crippen LogP contribution in [-0.4, -0.2) is 15.0 Å². The first-order chi connectivity index (χ1) is 24.5. The molecule has 0 aliphatic heterocycles. The summed E-state index contributed by atoms with van der Waals surface area (Å²) in [7, 11) is 0. The van der Waals surface area contributed by atoms with Crippen LogP contribution in [-0.2, 0) is 16.2 Å². The Morgan fingerprint density at radius 1 is 0.314 bits per heavy atom. The molecule has 3 heteroatoms. The van der Waals surface area contributed by atoms with Crippen molar-refractivity contribution in [2.45, 2.75) is 57.8 Å². The normalized spacial score (nSPS) is 15.7. The second-order valence-electron chi connectivity index (χ2n) is 15.7. The molecule has 6 aromatic carbocycles. The van der Waals surface area contributed by atoms with Gasteiger partial charge in [-0.15, -0.1) is 0 Å². The van der Waals surface area contributed by atoms with Crippen molar-refractivity contribution >= 4 is 0 Å². The zero-order valence-corrected chi connectivity index (χ0v) is 30.1. The van der Waals surface area contributed by atoms with Crippen LogP contribution < -0.4 is 0 Å². The summed E-state index contributed by atoms with van der Waals surface area (Å²) in [4.78, 5) is 14.9. The van der Waals surface area contributed by atoms with Gasteiger partial charge in [0.1, 0.15) is 0 Å². The molecule has 0 spiro atoms. The Hall–Kier alpha value is -5.67. The first-order valence-electron chi connectivity index (χ1n) is 18.0. The average molecular weight is 660 g/mol. The van der Waals surface area contributed by atoms with E-state index in [2.05, 4.69) is 120 Å². The summed E-state index contributed by atoms with van der Waals surface area (Å²) in [5.74, 6) is 1.99. The number of aromatic nitrogens is 3. The standard InChI is InChI=1S/C48H41N3/c1-46(2)40-27-33(24-25-36(40)37-29-42-38(28-41(37)46)35-22-13-14-23-39(35)47(3,4)48(42,5)6)32-20-15-21-34(26-32)45-50-43(30-16-9-7-10-17-30)49-44(51-45)31-18-11-8-12-19-31/h7-29H,1-6H3. The Bertz CT molecular complexity index is 2430. The molecule has 0 saturated heterocycles.